The molecule has 4 nitrogen and oxygen atoms in total. The molecule has 108 valence electrons. The molecule has 2 unspecified atom stereocenters. The van der Waals surface area contributed by atoms with Crippen LogP contribution in [0.4, 0.5) is 0 Å². The van der Waals surface area contributed by atoms with Gasteiger partial charge in [-0.2, -0.15) is 0 Å². The molecule has 1 saturated carbocycles. The number of ketones is 1. The number of rotatable bonds is 5. The second-order valence-corrected chi connectivity index (χ2v) is 5.50. The average molecular weight is 266 g/mol. The molecule has 0 aromatic carbocycles. The molecular weight excluding hydrogens is 240 g/mol. The standard InChI is InChI=1S/C15H26N2O2/c1-5-17(12(2)18)14-8-6-7-13(11-14)15(19)9-10-16(3)4/h9-10,13-14H,5-8,11H2,1-4H3/b10-9+. The van der Waals surface area contributed by atoms with E-state index in [9.17, 15) is 9.59 Å². The minimum Gasteiger partial charge on any atom is -0.383 e. The molecule has 4 heteroatoms. The molecule has 1 aliphatic rings. The first kappa shape index (κ1) is 15.7. The van der Waals surface area contributed by atoms with Gasteiger partial charge in [0.15, 0.2) is 5.78 Å². The Bertz CT molecular complexity index is 350. The summed E-state index contributed by atoms with van der Waals surface area (Å²) in [6.07, 6.45) is 7.27. The highest BCUT2D eigenvalue weighted by atomic mass is 16.2. The number of allylic oxidation sites excluding steroid dienone is 1. The summed E-state index contributed by atoms with van der Waals surface area (Å²) in [4.78, 5) is 27.5. The van der Waals surface area contributed by atoms with Crippen molar-refractivity contribution in [2.24, 2.45) is 5.92 Å². The van der Waals surface area contributed by atoms with Crippen LogP contribution < -0.4 is 0 Å². The Morgan fingerprint density at radius 2 is 1.95 bits per heavy atom. The molecule has 0 spiro atoms. The molecule has 0 aromatic heterocycles. The van der Waals surface area contributed by atoms with Crippen molar-refractivity contribution in [3.8, 4) is 0 Å². The van der Waals surface area contributed by atoms with Gasteiger partial charge in [0.2, 0.25) is 5.91 Å². The van der Waals surface area contributed by atoms with Gasteiger partial charge in [-0.1, -0.05) is 6.42 Å². The van der Waals surface area contributed by atoms with Gasteiger partial charge in [0.05, 0.1) is 0 Å². The van der Waals surface area contributed by atoms with Crippen molar-refractivity contribution in [1.29, 1.82) is 0 Å². The topological polar surface area (TPSA) is 40.6 Å². The van der Waals surface area contributed by atoms with Crippen LogP contribution in [0.1, 0.15) is 39.5 Å². The van der Waals surface area contributed by atoms with Crippen LogP contribution >= 0.6 is 0 Å². The Balaban J connectivity index is 2.63. The average Bonchev–Trinajstić information content (AvgIpc) is 2.36. The largest absolute Gasteiger partial charge is 0.383 e. The number of carbonyl (C=O) groups excluding carboxylic acids is 2. The van der Waals surface area contributed by atoms with Crippen molar-refractivity contribution in [3.63, 3.8) is 0 Å². The van der Waals surface area contributed by atoms with Gasteiger partial charge < -0.3 is 9.80 Å². The molecule has 2 atom stereocenters. The summed E-state index contributed by atoms with van der Waals surface area (Å²) in [5.74, 6) is 0.380. The molecule has 0 bridgehead atoms. The van der Waals surface area contributed by atoms with Gasteiger partial charge in [-0.05, 0) is 32.3 Å². The molecule has 0 radical (unpaired) electrons. The first-order valence-electron chi connectivity index (χ1n) is 7.11. The second-order valence-electron chi connectivity index (χ2n) is 5.50. The van der Waals surface area contributed by atoms with E-state index in [2.05, 4.69) is 0 Å². The Morgan fingerprint density at radius 1 is 1.26 bits per heavy atom. The zero-order valence-corrected chi connectivity index (χ0v) is 12.6. The number of nitrogens with zero attached hydrogens (tertiary/aromatic N) is 2. The van der Waals surface area contributed by atoms with Gasteiger partial charge in [-0.3, -0.25) is 9.59 Å². The summed E-state index contributed by atoms with van der Waals surface area (Å²) in [6.45, 7) is 4.34. The van der Waals surface area contributed by atoms with Crippen LogP contribution in [0.2, 0.25) is 0 Å². The Hall–Kier alpha value is -1.32. The van der Waals surface area contributed by atoms with Crippen LogP contribution in [-0.2, 0) is 9.59 Å². The van der Waals surface area contributed by atoms with Crippen LogP contribution in [0.15, 0.2) is 12.3 Å². The monoisotopic (exact) mass is 266 g/mol. The number of hydrogen-bond donors (Lipinski definition) is 0. The van der Waals surface area contributed by atoms with E-state index < -0.39 is 0 Å². The molecule has 0 aliphatic heterocycles. The lowest BCUT2D eigenvalue weighted by Crippen LogP contribution is -2.42. The molecule has 0 saturated heterocycles. The summed E-state index contributed by atoms with van der Waals surface area (Å²) < 4.78 is 0. The Morgan fingerprint density at radius 3 is 2.47 bits per heavy atom. The maximum atomic E-state index is 12.1. The number of amides is 1. The van der Waals surface area contributed by atoms with E-state index in [1.807, 2.05) is 30.8 Å². The first-order valence-corrected chi connectivity index (χ1v) is 7.11. The highest BCUT2D eigenvalue weighted by Crippen LogP contribution is 2.28. The summed E-state index contributed by atoms with van der Waals surface area (Å²) in [7, 11) is 3.81. The van der Waals surface area contributed by atoms with Gasteiger partial charge in [0, 0.05) is 45.7 Å². The SMILES string of the molecule is CCN(C(C)=O)C1CCCC(C(=O)/C=C/N(C)C)C1. The van der Waals surface area contributed by atoms with E-state index in [-0.39, 0.29) is 23.7 Å². The van der Waals surface area contributed by atoms with E-state index in [1.165, 1.54) is 0 Å². The minimum absolute atomic E-state index is 0.0725. The fourth-order valence-electron chi connectivity index (χ4n) is 2.80. The van der Waals surface area contributed by atoms with E-state index in [4.69, 9.17) is 0 Å². The van der Waals surface area contributed by atoms with Gasteiger partial charge in [-0.25, -0.2) is 0 Å². The molecule has 1 aliphatic carbocycles. The first-order chi connectivity index (χ1) is 8.95. The van der Waals surface area contributed by atoms with Crippen molar-refractivity contribution in [2.45, 2.75) is 45.6 Å². The third-order valence-corrected chi connectivity index (χ3v) is 3.77. The zero-order chi connectivity index (χ0) is 14.4. The maximum absolute atomic E-state index is 12.1. The van der Waals surface area contributed by atoms with Crippen LogP contribution in [0.25, 0.3) is 0 Å². The molecule has 0 heterocycles. The molecule has 0 N–H and O–H groups in total. The summed E-state index contributed by atoms with van der Waals surface area (Å²) in [5.41, 5.74) is 0. The maximum Gasteiger partial charge on any atom is 0.219 e. The van der Waals surface area contributed by atoms with Gasteiger partial charge in [0.25, 0.3) is 0 Å². The van der Waals surface area contributed by atoms with E-state index in [1.54, 1.807) is 19.2 Å². The van der Waals surface area contributed by atoms with Crippen LogP contribution in [0.5, 0.6) is 0 Å². The third-order valence-electron chi connectivity index (χ3n) is 3.77. The van der Waals surface area contributed by atoms with Crippen molar-refractivity contribution in [3.05, 3.63) is 12.3 Å². The molecule has 1 fully saturated rings. The van der Waals surface area contributed by atoms with Crippen molar-refractivity contribution >= 4 is 11.7 Å². The van der Waals surface area contributed by atoms with Crippen LogP contribution in [0.3, 0.4) is 0 Å². The van der Waals surface area contributed by atoms with Crippen LogP contribution in [0, 0.1) is 5.92 Å². The number of carbonyl (C=O) groups is 2. The molecule has 0 aromatic rings. The highest BCUT2D eigenvalue weighted by molar-refractivity contribution is 5.91. The third kappa shape index (κ3) is 4.69. The normalized spacial score (nSPS) is 23.4. The summed E-state index contributed by atoms with van der Waals surface area (Å²) >= 11 is 0. The molecular formula is C15H26N2O2. The minimum atomic E-state index is 0.0725. The van der Waals surface area contributed by atoms with Crippen LogP contribution in [-0.4, -0.2) is 48.2 Å². The van der Waals surface area contributed by atoms with Gasteiger partial charge >= 0.3 is 0 Å². The Kier molecular flexibility index (Phi) is 6.06. The van der Waals surface area contributed by atoms with E-state index in [0.717, 1.165) is 32.2 Å². The predicted octanol–water partition coefficient (Wildman–Crippen LogP) is 2.06. The van der Waals surface area contributed by atoms with Crippen molar-refractivity contribution in [2.75, 3.05) is 20.6 Å². The quantitative estimate of drug-likeness (QED) is 0.715. The molecule has 19 heavy (non-hydrogen) atoms. The Labute approximate surface area is 116 Å². The fourth-order valence-corrected chi connectivity index (χ4v) is 2.80. The zero-order valence-electron chi connectivity index (χ0n) is 12.6. The van der Waals surface area contributed by atoms with Gasteiger partial charge in [0.1, 0.15) is 0 Å². The second kappa shape index (κ2) is 7.31. The summed E-state index contributed by atoms with van der Waals surface area (Å²) in [5, 5.41) is 0. The van der Waals surface area contributed by atoms with Crippen molar-refractivity contribution < 1.29 is 9.59 Å². The lowest BCUT2D eigenvalue weighted by atomic mass is 9.82. The molecule has 1 rings (SSSR count). The lowest BCUT2D eigenvalue weighted by molar-refractivity contribution is -0.133. The summed E-state index contributed by atoms with van der Waals surface area (Å²) in [6, 6.07) is 0.234. The lowest BCUT2D eigenvalue weighted by Gasteiger charge is -2.35. The van der Waals surface area contributed by atoms with E-state index >= 15 is 0 Å². The fraction of sp³-hybridized carbons (Fsp3) is 0.733. The molecule has 1 amide bonds. The van der Waals surface area contributed by atoms with Gasteiger partial charge in [-0.15, -0.1) is 0 Å². The van der Waals surface area contributed by atoms with Crippen molar-refractivity contribution in [1.82, 2.24) is 9.80 Å². The smallest absolute Gasteiger partial charge is 0.219 e. The number of hydrogen-bond acceptors (Lipinski definition) is 3. The predicted molar refractivity (Wildman–Crippen MR) is 76.6 cm³/mol. The van der Waals surface area contributed by atoms with E-state index in [0.29, 0.717) is 0 Å². The highest BCUT2D eigenvalue weighted by Gasteiger charge is 2.30.